The fraction of sp³-hybridized carbons (Fsp3) is 0.500. The molecule has 2 rings (SSSR count). The van der Waals surface area contributed by atoms with E-state index in [9.17, 15) is 10.1 Å². The van der Waals surface area contributed by atoms with Crippen LogP contribution in [0.15, 0.2) is 18.3 Å². The summed E-state index contributed by atoms with van der Waals surface area (Å²) in [7, 11) is 0. The molecular formula is C10H13N3O3. The van der Waals surface area contributed by atoms with Crippen molar-refractivity contribution in [1.29, 1.82) is 0 Å². The summed E-state index contributed by atoms with van der Waals surface area (Å²) in [6, 6.07) is 3.15. The van der Waals surface area contributed by atoms with Crippen molar-refractivity contribution >= 4 is 11.5 Å². The van der Waals surface area contributed by atoms with Crippen molar-refractivity contribution in [2.45, 2.75) is 13.0 Å². The van der Waals surface area contributed by atoms with E-state index in [1.165, 1.54) is 12.3 Å². The van der Waals surface area contributed by atoms with Crippen LogP contribution in [0.3, 0.4) is 0 Å². The standard InChI is InChI=1S/C10H13N3O3/c1-8-7-12(4-5-16-8)10-3-2-9(6-11-10)13(14)15/h2-3,6,8H,4-5,7H2,1H3. The highest BCUT2D eigenvalue weighted by Gasteiger charge is 2.18. The zero-order valence-electron chi connectivity index (χ0n) is 9.00. The van der Waals surface area contributed by atoms with Crippen molar-refractivity contribution in [2.24, 2.45) is 0 Å². The molecule has 1 atom stereocenters. The summed E-state index contributed by atoms with van der Waals surface area (Å²) in [6.45, 7) is 4.21. The zero-order chi connectivity index (χ0) is 11.5. The van der Waals surface area contributed by atoms with Crippen LogP contribution in [-0.4, -0.2) is 35.7 Å². The van der Waals surface area contributed by atoms with Crippen molar-refractivity contribution in [3.05, 3.63) is 28.4 Å². The Balaban J connectivity index is 2.11. The summed E-state index contributed by atoms with van der Waals surface area (Å²) in [4.78, 5) is 16.2. The fourth-order valence-electron chi connectivity index (χ4n) is 1.70. The van der Waals surface area contributed by atoms with E-state index < -0.39 is 4.92 Å². The SMILES string of the molecule is CC1CN(c2ccc([N+](=O)[O-])cn2)CCO1. The molecule has 0 bridgehead atoms. The van der Waals surface area contributed by atoms with Gasteiger partial charge in [-0.3, -0.25) is 10.1 Å². The highest BCUT2D eigenvalue weighted by atomic mass is 16.6. The van der Waals surface area contributed by atoms with Gasteiger partial charge in [-0.05, 0) is 13.0 Å². The number of rotatable bonds is 2. The molecule has 6 heteroatoms. The van der Waals surface area contributed by atoms with Crippen LogP contribution in [-0.2, 0) is 4.74 Å². The van der Waals surface area contributed by atoms with E-state index in [4.69, 9.17) is 4.74 Å². The second-order valence-electron chi connectivity index (χ2n) is 3.76. The van der Waals surface area contributed by atoms with E-state index in [0.717, 1.165) is 18.9 Å². The molecule has 16 heavy (non-hydrogen) atoms. The molecule has 0 aliphatic carbocycles. The van der Waals surface area contributed by atoms with Crippen LogP contribution in [0.2, 0.25) is 0 Å². The Hall–Kier alpha value is -1.69. The summed E-state index contributed by atoms with van der Waals surface area (Å²) in [5.41, 5.74) is 0.0186. The molecule has 1 unspecified atom stereocenters. The van der Waals surface area contributed by atoms with Gasteiger partial charge in [-0.2, -0.15) is 0 Å². The number of ether oxygens (including phenoxy) is 1. The summed E-state index contributed by atoms with van der Waals surface area (Å²) >= 11 is 0. The molecule has 86 valence electrons. The van der Waals surface area contributed by atoms with Gasteiger partial charge in [-0.1, -0.05) is 0 Å². The lowest BCUT2D eigenvalue weighted by Gasteiger charge is -2.31. The second-order valence-corrected chi connectivity index (χ2v) is 3.76. The first kappa shape index (κ1) is 10.8. The summed E-state index contributed by atoms with van der Waals surface area (Å²) in [5, 5.41) is 10.5. The quantitative estimate of drug-likeness (QED) is 0.557. The molecule has 1 aromatic rings. The van der Waals surface area contributed by atoms with Gasteiger partial charge in [0.1, 0.15) is 12.0 Å². The Morgan fingerprint density at radius 3 is 3.00 bits per heavy atom. The molecule has 1 saturated heterocycles. The number of nitro groups is 1. The third-order valence-electron chi connectivity index (χ3n) is 2.51. The minimum atomic E-state index is -0.446. The number of aromatic nitrogens is 1. The zero-order valence-corrected chi connectivity index (χ0v) is 9.00. The average molecular weight is 223 g/mol. The lowest BCUT2D eigenvalue weighted by atomic mass is 10.3. The van der Waals surface area contributed by atoms with Gasteiger partial charge in [-0.15, -0.1) is 0 Å². The normalized spacial score (nSPS) is 20.8. The van der Waals surface area contributed by atoms with Crippen LogP contribution in [0.1, 0.15) is 6.92 Å². The van der Waals surface area contributed by atoms with Gasteiger partial charge < -0.3 is 9.64 Å². The number of nitrogens with zero attached hydrogens (tertiary/aromatic N) is 3. The maximum Gasteiger partial charge on any atom is 0.287 e. The maximum atomic E-state index is 10.5. The van der Waals surface area contributed by atoms with E-state index in [1.54, 1.807) is 6.07 Å². The molecule has 2 heterocycles. The minimum absolute atomic E-state index is 0.0186. The first-order chi connectivity index (χ1) is 7.66. The smallest absolute Gasteiger partial charge is 0.287 e. The maximum absolute atomic E-state index is 10.5. The van der Waals surface area contributed by atoms with Gasteiger partial charge in [0.25, 0.3) is 5.69 Å². The number of morpholine rings is 1. The predicted molar refractivity (Wildman–Crippen MR) is 58.5 cm³/mol. The number of anilines is 1. The molecule has 0 amide bonds. The van der Waals surface area contributed by atoms with E-state index in [-0.39, 0.29) is 11.8 Å². The Bertz CT molecular complexity index is 379. The monoisotopic (exact) mass is 223 g/mol. The van der Waals surface area contributed by atoms with E-state index in [1.807, 2.05) is 6.92 Å². The lowest BCUT2D eigenvalue weighted by molar-refractivity contribution is -0.385. The lowest BCUT2D eigenvalue weighted by Crippen LogP contribution is -2.41. The van der Waals surface area contributed by atoms with Crippen LogP contribution < -0.4 is 4.90 Å². The topological polar surface area (TPSA) is 68.5 Å². The van der Waals surface area contributed by atoms with Crippen molar-refractivity contribution in [2.75, 3.05) is 24.6 Å². The predicted octanol–water partition coefficient (Wildman–Crippen LogP) is 1.21. The molecule has 0 saturated carbocycles. The molecule has 1 aliphatic rings. The van der Waals surface area contributed by atoms with Crippen LogP contribution in [0.4, 0.5) is 11.5 Å². The summed E-state index contributed by atoms with van der Waals surface area (Å²) in [6.07, 6.45) is 1.46. The third-order valence-corrected chi connectivity index (χ3v) is 2.51. The van der Waals surface area contributed by atoms with Gasteiger partial charge in [0.05, 0.1) is 17.6 Å². The van der Waals surface area contributed by atoms with Crippen LogP contribution in [0.25, 0.3) is 0 Å². The van der Waals surface area contributed by atoms with Gasteiger partial charge in [-0.25, -0.2) is 4.98 Å². The van der Waals surface area contributed by atoms with Crippen LogP contribution in [0, 0.1) is 10.1 Å². The number of hydrogen-bond acceptors (Lipinski definition) is 5. The molecule has 6 nitrogen and oxygen atoms in total. The second kappa shape index (κ2) is 4.44. The van der Waals surface area contributed by atoms with E-state index >= 15 is 0 Å². The van der Waals surface area contributed by atoms with Crippen LogP contribution in [0.5, 0.6) is 0 Å². The van der Waals surface area contributed by atoms with Crippen molar-refractivity contribution < 1.29 is 9.66 Å². The Labute approximate surface area is 93.0 Å². The van der Waals surface area contributed by atoms with Gasteiger partial charge >= 0.3 is 0 Å². The van der Waals surface area contributed by atoms with Crippen LogP contribution >= 0.6 is 0 Å². The molecule has 0 spiro atoms. The van der Waals surface area contributed by atoms with E-state index in [0.29, 0.717) is 6.61 Å². The number of pyridine rings is 1. The fourth-order valence-corrected chi connectivity index (χ4v) is 1.70. The largest absolute Gasteiger partial charge is 0.375 e. The Morgan fingerprint density at radius 2 is 2.44 bits per heavy atom. The van der Waals surface area contributed by atoms with Gasteiger partial charge in [0.2, 0.25) is 0 Å². The molecular weight excluding hydrogens is 210 g/mol. The third kappa shape index (κ3) is 2.27. The summed E-state index contributed by atoms with van der Waals surface area (Å²) < 4.78 is 5.41. The molecule has 1 fully saturated rings. The first-order valence-corrected chi connectivity index (χ1v) is 5.14. The van der Waals surface area contributed by atoms with Crippen molar-refractivity contribution in [3.8, 4) is 0 Å². The highest BCUT2D eigenvalue weighted by Crippen LogP contribution is 2.17. The van der Waals surface area contributed by atoms with Gasteiger partial charge in [0.15, 0.2) is 0 Å². The highest BCUT2D eigenvalue weighted by molar-refractivity contribution is 5.43. The molecule has 0 aromatic carbocycles. The summed E-state index contributed by atoms with van der Waals surface area (Å²) in [5.74, 6) is 0.765. The molecule has 1 aromatic heterocycles. The molecule has 1 aliphatic heterocycles. The van der Waals surface area contributed by atoms with Crippen molar-refractivity contribution in [1.82, 2.24) is 4.98 Å². The Morgan fingerprint density at radius 1 is 1.62 bits per heavy atom. The van der Waals surface area contributed by atoms with Gasteiger partial charge in [0, 0.05) is 19.2 Å². The number of hydrogen-bond donors (Lipinski definition) is 0. The van der Waals surface area contributed by atoms with E-state index in [2.05, 4.69) is 9.88 Å². The minimum Gasteiger partial charge on any atom is -0.375 e. The first-order valence-electron chi connectivity index (χ1n) is 5.14. The molecule has 0 radical (unpaired) electrons. The average Bonchev–Trinajstić information content (AvgIpc) is 2.29. The molecule has 0 N–H and O–H groups in total. The van der Waals surface area contributed by atoms with Crippen molar-refractivity contribution in [3.63, 3.8) is 0 Å². The Kier molecular flexibility index (Phi) is 3.00.